The van der Waals surface area contributed by atoms with E-state index >= 15 is 0 Å². The van der Waals surface area contributed by atoms with Gasteiger partial charge in [0.15, 0.2) is 0 Å². The molecule has 1 N–H and O–H groups in total. The number of halogens is 1. The van der Waals surface area contributed by atoms with Crippen LogP contribution < -0.4 is 0 Å². The molecule has 1 fully saturated rings. The lowest BCUT2D eigenvalue weighted by molar-refractivity contribution is -0.149. The van der Waals surface area contributed by atoms with E-state index < -0.39 is 5.97 Å². The average molecular weight is 268 g/mol. The molecule has 0 heterocycles. The van der Waals surface area contributed by atoms with Gasteiger partial charge in [-0.05, 0) is 38.4 Å². The van der Waals surface area contributed by atoms with Crippen molar-refractivity contribution in [2.45, 2.75) is 31.8 Å². The van der Waals surface area contributed by atoms with Gasteiger partial charge in [0.05, 0.1) is 5.92 Å². The van der Waals surface area contributed by atoms with Gasteiger partial charge in [0.1, 0.15) is 0 Å². The van der Waals surface area contributed by atoms with Crippen molar-refractivity contribution in [2.24, 2.45) is 5.92 Å². The van der Waals surface area contributed by atoms with Crippen LogP contribution in [0, 0.1) is 5.92 Å². The van der Waals surface area contributed by atoms with Crippen molar-refractivity contribution in [3.05, 3.63) is 34.9 Å². The number of hydrogen-bond acceptors (Lipinski definition) is 2. The van der Waals surface area contributed by atoms with Crippen LogP contribution in [0.1, 0.15) is 31.4 Å². The first kappa shape index (κ1) is 13.4. The Bertz CT molecular complexity index is 449. The molecule has 2 rings (SSSR count). The van der Waals surface area contributed by atoms with Crippen molar-refractivity contribution >= 4 is 17.6 Å². The SMILES string of the molecule is CC(c1ccccc1Cl)N(C)C1CCC1C(=O)O. The number of carbonyl (C=O) groups is 1. The Morgan fingerprint density at radius 3 is 2.61 bits per heavy atom. The van der Waals surface area contributed by atoms with Gasteiger partial charge in [0, 0.05) is 17.1 Å². The Kier molecular flexibility index (Phi) is 3.93. The minimum atomic E-state index is -0.690. The lowest BCUT2D eigenvalue weighted by atomic mass is 9.78. The van der Waals surface area contributed by atoms with Crippen molar-refractivity contribution in [1.82, 2.24) is 4.90 Å². The van der Waals surface area contributed by atoms with Crippen LogP contribution in [0.3, 0.4) is 0 Å². The highest BCUT2D eigenvalue weighted by Crippen LogP contribution is 2.37. The Labute approximate surface area is 112 Å². The Morgan fingerprint density at radius 1 is 1.44 bits per heavy atom. The Morgan fingerprint density at radius 2 is 2.11 bits per heavy atom. The van der Waals surface area contributed by atoms with Crippen molar-refractivity contribution in [1.29, 1.82) is 0 Å². The molecule has 0 saturated heterocycles. The first-order valence-corrected chi connectivity index (χ1v) is 6.59. The van der Waals surface area contributed by atoms with Gasteiger partial charge in [0.2, 0.25) is 0 Å². The number of aliphatic carboxylic acids is 1. The van der Waals surface area contributed by atoms with Crippen molar-refractivity contribution in [3.8, 4) is 0 Å². The monoisotopic (exact) mass is 267 g/mol. The van der Waals surface area contributed by atoms with E-state index in [0.29, 0.717) is 0 Å². The summed E-state index contributed by atoms with van der Waals surface area (Å²) < 4.78 is 0. The van der Waals surface area contributed by atoms with Gasteiger partial charge >= 0.3 is 5.97 Å². The lowest BCUT2D eigenvalue weighted by Gasteiger charge is -2.43. The molecule has 1 aliphatic rings. The molecule has 3 unspecified atom stereocenters. The predicted octanol–water partition coefficient (Wildman–Crippen LogP) is 3.20. The summed E-state index contributed by atoms with van der Waals surface area (Å²) in [4.78, 5) is 13.2. The molecule has 1 saturated carbocycles. The molecule has 18 heavy (non-hydrogen) atoms. The number of hydrogen-bond donors (Lipinski definition) is 1. The van der Waals surface area contributed by atoms with Gasteiger partial charge in [-0.15, -0.1) is 0 Å². The molecule has 1 aromatic carbocycles. The summed E-state index contributed by atoms with van der Waals surface area (Å²) in [5.74, 6) is -0.926. The second kappa shape index (κ2) is 5.29. The molecule has 0 bridgehead atoms. The fraction of sp³-hybridized carbons (Fsp3) is 0.500. The molecule has 0 radical (unpaired) electrons. The lowest BCUT2D eigenvalue weighted by Crippen LogP contribution is -2.49. The average Bonchev–Trinajstić information content (AvgIpc) is 2.26. The third kappa shape index (κ3) is 2.38. The van der Waals surface area contributed by atoms with E-state index in [1.807, 2.05) is 31.3 Å². The van der Waals surface area contributed by atoms with Gasteiger partial charge in [-0.3, -0.25) is 9.69 Å². The molecule has 0 aliphatic heterocycles. The summed E-state index contributed by atoms with van der Waals surface area (Å²) >= 11 is 6.19. The third-order valence-electron chi connectivity index (χ3n) is 4.04. The van der Waals surface area contributed by atoms with Gasteiger partial charge in [0.25, 0.3) is 0 Å². The molecule has 0 amide bonds. The van der Waals surface area contributed by atoms with Crippen LogP contribution in [-0.4, -0.2) is 29.1 Å². The maximum atomic E-state index is 11.1. The molecular formula is C14H18ClNO2. The van der Waals surface area contributed by atoms with Crippen LogP contribution in [0.4, 0.5) is 0 Å². The predicted molar refractivity (Wildman–Crippen MR) is 71.8 cm³/mol. The summed E-state index contributed by atoms with van der Waals surface area (Å²) in [6, 6.07) is 7.98. The van der Waals surface area contributed by atoms with Crippen molar-refractivity contribution in [2.75, 3.05) is 7.05 Å². The summed E-state index contributed by atoms with van der Waals surface area (Å²) in [6.45, 7) is 2.07. The third-order valence-corrected chi connectivity index (χ3v) is 4.39. The number of rotatable bonds is 4. The zero-order valence-corrected chi connectivity index (χ0v) is 11.4. The Balaban J connectivity index is 2.12. The summed E-state index contributed by atoms with van der Waals surface area (Å²) in [5, 5.41) is 9.85. The number of nitrogens with zero attached hydrogens (tertiary/aromatic N) is 1. The summed E-state index contributed by atoms with van der Waals surface area (Å²) in [5.41, 5.74) is 1.05. The second-order valence-electron chi connectivity index (χ2n) is 4.95. The highest BCUT2D eigenvalue weighted by Gasteiger charge is 2.40. The maximum absolute atomic E-state index is 11.1. The van der Waals surface area contributed by atoms with Gasteiger partial charge in [-0.2, -0.15) is 0 Å². The molecular weight excluding hydrogens is 250 g/mol. The quantitative estimate of drug-likeness (QED) is 0.911. The van der Waals surface area contributed by atoms with E-state index in [9.17, 15) is 4.79 Å². The molecule has 4 heteroatoms. The van der Waals surface area contributed by atoms with E-state index in [0.717, 1.165) is 23.4 Å². The first-order chi connectivity index (χ1) is 8.52. The van der Waals surface area contributed by atoms with Crippen LogP contribution in [0.15, 0.2) is 24.3 Å². The summed E-state index contributed by atoms with van der Waals surface area (Å²) in [6.07, 6.45) is 1.72. The number of carboxylic acids is 1. The molecule has 1 aromatic rings. The Hall–Kier alpha value is -1.06. The van der Waals surface area contributed by atoms with Crippen molar-refractivity contribution < 1.29 is 9.90 Å². The van der Waals surface area contributed by atoms with Crippen LogP contribution in [0.5, 0.6) is 0 Å². The minimum Gasteiger partial charge on any atom is -0.481 e. The number of carboxylic acid groups (broad SMARTS) is 1. The standard InChI is InChI=1S/C14H18ClNO2/c1-9(10-5-3-4-6-12(10)15)16(2)13-8-7-11(13)14(17)18/h3-6,9,11,13H,7-8H2,1-2H3,(H,17,18). The fourth-order valence-electron chi connectivity index (χ4n) is 2.58. The summed E-state index contributed by atoms with van der Waals surface area (Å²) in [7, 11) is 1.98. The highest BCUT2D eigenvalue weighted by molar-refractivity contribution is 6.31. The molecule has 3 atom stereocenters. The molecule has 98 valence electrons. The molecule has 3 nitrogen and oxygen atoms in total. The minimum absolute atomic E-state index is 0.119. The van der Waals surface area contributed by atoms with Gasteiger partial charge in [-0.1, -0.05) is 29.8 Å². The largest absolute Gasteiger partial charge is 0.481 e. The van der Waals surface area contributed by atoms with E-state index in [4.69, 9.17) is 16.7 Å². The van der Waals surface area contributed by atoms with Crippen LogP contribution >= 0.6 is 11.6 Å². The maximum Gasteiger partial charge on any atom is 0.308 e. The molecule has 0 aromatic heterocycles. The topological polar surface area (TPSA) is 40.5 Å². The van der Waals surface area contributed by atoms with Crippen molar-refractivity contribution in [3.63, 3.8) is 0 Å². The van der Waals surface area contributed by atoms with Gasteiger partial charge in [-0.25, -0.2) is 0 Å². The normalized spacial score (nSPS) is 24.7. The van der Waals surface area contributed by atoms with E-state index in [1.165, 1.54) is 0 Å². The first-order valence-electron chi connectivity index (χ1n) is 6.21. The molecule has 0 spiro atoms. The van der Waals surface area contributed by atoms with E-state index in [-0.39, 0.29) is 18.0 Å². The zero-order valence-electron chi connectivity index (χ0n) is 10.6. The second-order valence-corrected chi connectivity index (χ2v) is 5.36. The van der Waals surface area contributed by atoms with E-state index in [2.05, 4.69) is 11.8 Å². The smallest absolute Gasteiger partial charge is 0.308 e. The van der Waals surface area contributed by atoms with E-state index in [1.54, 1.807) is 0 Å². The van der Waals surface area contributed by atoms with Crippen LogP contribution in [0.2, 0.25) is 5.02 Å². The zero-order chi connectivity index (χ0) is 13.3. The van der Waals surface area contributed by atoms with Crippen LogP contribution in [0.25, 0.3) is 0 Å². The number of benzene rings is 1. The van der Waals surface area contributed by atoms with Gasteiger partial charge < -0.3 is 5.11 Å². The fourth-order valence-corrected chi connectivity index (χ4v) is 2.87. The highest BCUT2D eigenvalue weighted by atomic mass is 35.5. The van der Waals surface area contributed by atoms with Crippen LogP contribution in [-0.2, 0) is 4.79 Å². The molecule has 1 aliphatic carbocycles.